The summed E-state index contributed by atoms with van der Waals surface area (Å²) in [6.07, 6.45) is 9.38. The van der Waals surface area contributed by atoms with Crippen molar-refractivity contribution in [2.24, 2.45) is 0 Å². The fourth-order valence-electron chi connectivity index (χ4n) is 1.61. The minimum atomic E-state index is -1.26. The fourth-order valence-corrected chi connectivity index (χ4v) is 2.54. The molecule has 0 bridgehead atoms. The Hall–Kier alpha value is 1.45. The largest absolute Gasteiger partial charge is 0.164 e. The van der Waals surface area contributed by atoms with Gasteiger partial charge in [-0.15, -0.1) is 34.8 Å². The minimum Gasteiger partial charge on any atom is -0.120 e. The van der Waals surface area contributed by atoms with E-state index in [-0.39, 0.29) is 0 Å². The molecular formula is C12H21Cl5. The Kier molecular flexibility index (Phi) is 11.1. The predicted molar refractivity (Wildman–Crippen MR) is 82.2 cm³/mol. The smallest absolute Gasteiger partial charge is 0.120 e. The van der Waals surface area contributed by atoms with Crippen LogP contribution in [0.2, 0.25) is 0 Å². The van der Waals surface area contributed by atoms with Crippen LogP contribution in [0.5, 0.6) is 0 Å². The van der Waals surface area contributed by atoms with Crippen molar-refractivity contribution in [3.05, 3.63) is 0 Å². The van der Waals surface area contributed by atoms with E-state index in [9.17, 15) is 0 Å². The lowest BCUT2D eigenvalue weighted by Crippen LogP contribution is -2.33. The molecule has 0 aromatic heterocycles. The molecule has 0 heterocycles. The lowest BCUT2D eigenvalue weighted by atomic mass is 10.1. The van der Waals surface area contributed by atoms with Crippen LogP contribution in [-0.2, 0) is 0 Å². The molecular weight excluding hydrogens is 321 g/mol. The molecule has 0 aliphatic heterocycles. The minimum absolute atomic E-state index is 0.401. The first kappa shape index (κ1) is 18.4. The molecule has 0 aliphatic carbocycles. The zero-order valence-electron chi connectivity index (χ0n) is 10.2. The van der Waals surface area contributed by atoms with Crippen LogP contribution in [-0.4, -0.2) is 14.5 Å². The predicted octanol–water partition coefficient (Wildman–Crippen LogP) is 6.71. The fraction of sp³-hybridized carbons (Fsp3) is 1.00. The molecule has 0 aromatic carbocycles. The van der Waals surface area contributed by atoms with Gasteiger partial charge in [-0.05, 0) is 6.42 Å². The molecule has 0 fully saturated rings. The summed E-state index contributed by atoms with van der Waals surface area (Å²) in [5.74, 6) is 0. The first-order chi connectivity index (χ1) is 7.92. The molecule has 0 nitrogen and oxygen atoms in total. The Morgan fingerprint density at radius 1 is 0.824 bits per heavy atom. The molecule has 104 valence electrons. The first-order valence-electron chi connectivity index (χ1n) is 6.23. The normalized spacial score (nSPS) is 14.3. The van der Waals surface area contributed by atoms with Crippen molar-refractivity contribution >= 4 is 58.0 Å². The third kappa shape index (κ3) is 8.26. The highest BCUT2D eigenvalue weighted by Crippen LogP contribution is 2.40. The van der Waals surface area contributed by atoms with E-state index in [4.69, 9.17) is 58.0 Å². The van der Waals surface area contributed by atoms with E-state index >= 15 is 0 Å². The molecule has 0 aromatic rings. The van der Waals surface area contributed by atoms with Gasteiger partial charge in [-0.25, -0.2) is 0 Å². The quantitative estimate of drug-likeness (QED) is 0.305. The SMILES string of the molecule is CCCCCCCCCC(Cl)C(Cl)(Cl)C(Cl)Cl. The van der Waals surface area contributed by atoms with E-state index in [0.29, 0.717) is 0 Å². The van der Waals surface area contributed by atoms with E-state index in [1.807, 2.05) is 0 Å². The van der Waals surface area contributed by atoms with Crippen molar-refractivity contribution in [2.75, 3.05) is 0 Å². The van der Waals surface area contributed by atoms with Gasteiger partial charge in [0.2, 0.25) is 0 Å². The number of unbranched alkanes of at least 4 members (excludes halogenated alkanes) is 6. The number of hydrogen-bond acceptors (Lipinski definition) is 0. The van der Waals surface area contributed by atoms with Crippen LogP contribution in [0.1, 0.15) is 58.3 Å². The van der Waals surface area contributed by atoms with Gasteiger partial charge in [0.25, 0.3) is 0 Å². The van der Waals surface area contributed by atoms with Crippen molar-refractivity contribution in [2.45, 2.75) is 72.8 Å². The molecule has 5 heteroatoms. The maximum atomic E-state index is 6.10. The van der Waals surface area contributed by atoms with Gasteiger partial charge in [0.15, 0.2) is 4.33 Å². The van der Waals surface area contributed by atoms with Gasteiger partial charge < -0.3 is 0 Å². The topological polar surface area (TPSA) is 0 Å². The molecule has 0 aliphatic rings. The maximum Gasteiger partial charge on any atom is 0.164 e. The Balaban J connectivity index is 3.54. The van der Waals surface area contributed by atoms with Crippen molar-refractivity contribution in [3.8, 4) is 0 Å². The highest BCUT2D eigenvalue weighted by atomic mass is 35.5. The molecule has 0 saturated heterocycles. The summed E-state index contributed by atoms with van der Waals surface area (Å²) in [5, 5.41) is -0.401. The number of halogens is 5. The van der Waals surface area contributed by atoms with Crippen LogP contribution < -0.4 is 0 Å². The van der Waals surface area contributed by atoms with Crippen LogP contribution in [0.4, 0.5) is 0 Å². The van der Waals surface area contributed by atoms with Gasteiger partial charge in [0, 0.05) is 0 Å². The summed E-state index contributed by atoms with van der Waals surface area (Å²) < 4.78 is -1.26. The molecule has 0 N–H and O–H groups in total. The standard InChI is InChI=1S/C12H21Cl5/c1-2-3-4-5-6-7-8-9-10(13)12(16,17)11(14)15/h10-11H,2-9H2,1H3. The summed E-state index contributed by atoms with van der Waals surface area (Å²) in [6.45, 7) is 2.22. The van der Waals surface area contributed by atoms with Crippen molar-refractivity contribution < 1.29 is 0 Å². The zero-order valence-corrected chi connectivity index (χ0v) is 14.0. The lowest BCUT2D eigenvalue weighted by Gasteiger charge is -2.26. The molecule has 0 spiro atoms. The van der Waals surface area contributed by atoms with Gasteiger partial charge in [0.05, 0.1) is 5.38 Å². The maximum absolute atomic E-state index is 6.10. The summed E-state index contributed by atoms with van der Waals surface area (Å²) in [4.78, 5) is -0.863. The second kappa shape index (κ2) is 10.3. The number of hydrogen-bond donors (Lipinski definition) is 0. The molecule has 1 atom stereocenters. The highest BCUT2D eigenvalue weighted by Gasteiger charge is 2.39. The average Bonchev–Trinajstić information content (AvgIpc) is 2.27. The monoisotopic (exact) mass is 340 g/mol. The van der Waals surface area contributed by atoms with Crippen molar-refractivity contribution in [1.82, 2.24) is 0 Å². The van der Waals surface area contributed by atoms with E-state index in [2.05, 4.69) is 6.92 Å². The van der Waals surface area contributed by atoms with Crippen molar-refractivity contribution in [3.63, 3.8) is 0 Å². The second-order valence-electron chi connectivity index (χ2n) is 4.35. The van der Waals surface area contributed by atoms with E-state index in [1.54, 1.807) is 0 Å². The Morgan fingerprint density at radius 3 is 1.76 bits per heavy atom. The van der Waals surface area contributed by atoms with Gasteiger partial charge in [-0.2, -0.15) is 0 Å². The van der Waals surface area contributed by atoms with Gasteiger partial charge in [-0.3, -0.25) is 0 Å². The summed E-state index contributed by atoms with van der Waals surface area (Å²) in [7, 11) is 0. The molecule has 0 rings (SSSR count). The van der Waals surface area contributed by atoms with Gasteiger partial charge >= 0.3 is 0 Å². The lowest BCUT2D eigenvalue weighted by molar-refractivity contribution is 0.557. The summed E-state index contributed by atoms with van der Waals surface area (Å²) >= 11 is 29.4. The Bertz CT molecular complexity index is 182. The van der Waals surface area contributed by atoms with Crippen LogP contribution in [0.3, 0.4) is 0 Å². The highest BCUT2D eigenvalue weighted by molar-refractivity contribution is 6.62. The molecule has 0 amide bonds. The number of rotatable bonds is 10. The van der Waals surface area contributed by atoms with Crippen LogP contribution in [0.15, 0.2) is 0 Å². The molecule has 1 unspecified atom stereocenters. The molecule has 0 radical (unpaired) electrons. The Morgan fingerprint density at radius 2 is 1.29 bits per heavy atom. The van der Waals surface area contributed by atoms with E-state index < -0.39 is 14.5 Å². The summed E-state index contributed by atoms with van der Waals surface area (Å²) in [5.41, 5.74) is 0. The van der Waals surface area contributed by atoms with Crippen LogP contribution in [0.25, 0.3) is 0 Å². The third-order valence-electron chi connectivity index (χ3n) is 2.77. The first-order valence-corrected chi connectivity index (χ1v) is 8.29. The Labute approximate surface area is 130 Å². The van der Waals surface area contributed by atoms with Crippen LogP contribution in [0, 0.1) is 0 Å². The molecule has 0 saturated carbocycles. The summed E-state index contributed by atoms with van der Waals surface area (Å²) in [6, 6.07) is 0. The van der Waals surface area contributed by atoms with E-state index in [0.717, 1.165) is 19.3 Å². The molecule has 17 heavy (non-hydrogen) atoms. The van der Waals surface area contributed by atoms with Gasteiger partial charge in [-0.1, -0.05) is 75.1 Å². The van der Waals surface area contributed by atoms with Crippen LogP contribution >= 0.6 is 58.0 Å². The zero-order chi connectivity index (χ0) is 13.3. The van der Waals surface area contributed by atoms with Crippen molar-refractivity contribution in [1.29, 1.82) is 0 Å². The second-order valence-corrected chi connectivity index (χ2v) is 7.42. The van der Waals surface area contributed by atoms with Gasteiger partial charge in [0.1, 0.15) is 4.84 Å². The third-order valence-corrected chi connectivity index (χ3v) is 5.65. The van der Waals surface area contributed by atoms with E-state index in [1.165, 1.54) is 32.1 Å². The number of alkyl halides is 5. The average molecular weight is 343 g/mol.